The van der Waals surface area contributed by atoms with Crippen molar-refractivity contribution in [3.8, 4) is 11.5 Å². The Bertz CT molecular complexity index is 1060. The highest BCUT2D eigenvalue weighted by molar-refractivity contribution is 5.94. The lowest BCUT2D eigenvalue weighted by Crippen LogP contribution is -2.14. The molecule has 3 aromatic heterocycles. The number of hydrogen-bond donors (Lipinski definition) is 2. The fourth-order valence-electron chi connectivity index (χ4n) is 2.84. The molecule has 0 atom stereocenters. The van der Waals surface area contributed by atoms with Crippen LogP contribution in [0.15, 0.2) is 45.4 Å². The van der Waals surface area contributed by atoms with Crippen molar-refractivity contribution in [2.75, 3.05) is 5.32 Å². The summed E-state index contributed by atoms with van der Waals surface area (Å²) in [4.78, 5) is 15.4. The molecule has 0 saturated heterocycles. The van der Waals surface area contributed by atoms with Crippen LogP contribution in [0.1, 0.15) is 17.1 Å². The van der Waals surface area contributed by atoms with Crippen LogP contribution in [0.25, 0.3) is 22.4 Å². The second-order valence-corrected chi connectivity index (χ2v) is 5.82. The van der Waals surface area contributed by atoms with Gasteiger partial charge in [-0.25, -0.2) is 0 Å². The van der Waals surface area contributed by atoms with Crippen LogP contribution < -0.4 is 5.32 Å². The minimum atomic E-state index is -0.222. The number of aromatic nitrogens is 3. The van der Waals surface area contributed by atoms with Crippen molar-refractivity contribution in [1.82, 2.24) is 15.2 Å². The molecule has 0 bridgehead atoms. The SMILES string of the molecule is Cc1cc(-c2nnc(NC(=O)Cc3c[nH]c4ccccc34)o2)c(C)o1. The van der Waals surface area contributed by atoms with Gasteiger partial charge in [0.2, 0.25) is 5.91 Å². The van der Waals surface area contributed by atoms with Gasteiger partial charge in [-0.1, -0.05) is 23.3 Å². The zero-order chi connectivity index (χ0) is 17.4. The maximum atomic E-state index is 12.3. The molecule has 126 valence electrons. The Kier molecular flexibility index (Phi) is 3.61. The molecule has 0 radical (unpaired) electrons. The van der Waals surface area contributed by atoms with Crippen molar-refractivity contribution in [3.63, 3.8) is 0 Å². The Balaban J connectivity index is 1.49. The van der Waals surface area contributed by atoms with E-state index in [1.165, 1.54) is 0 Å². The van der Waals surface area contributed by atoms with E-state index in [0.717, 1.165) is 27.8 Å². The predicted molar refractivity (Wildman–Crippen MR) is 92.1 cm³/mol. The Morgan fingerprint density at radius 3 is 2.84 bits per heavy atom. The van der Waals surface area contributed by atoms with E-state index in [2.05, 4.69) is 20.5 Å². The van der Waals surface area contributed by atoms with E-state index >= 15 is 0 Å². The summed E-state index contributed by atoms with van der Waals surface area (Å²) in [5.74, 6) is 1.55. The number of aromatic amines is 1. The second kappa shape index (κ2) is 5.94. The lowest BCUT2D eigenvalue weighted by molar-refractivity contribution is -0.115. The van der Waals surface area contributed by atoms with Crippen molar-refractivity contribution in [2.24, 2.45) is 0 Å². The number of rotatable bonds is 4. The van der Waals surface area contributed by atoms with Gasteiger partial charge in [-0.15, -0.1) is 5.10 Å². The molecule has 25 heavy (non-hydrogen) atoms. The van der Waals surface area contributed by atoms with E-state index in [1.807, 2.05) is 50.4 Å². The number of nitrogens with zero attached hydrogens (tertiary/aromatic N) is 2. The molecule has 3 heterocycles. The summed E-state index contributed by atoms with van der Waals surface area (Å²) in [5, 5.41) is 11.5. The van der Waals surface area contributed by atoms with Crippen molar-refractivity contribution < 1.29 is 13.6 Å². The minimum absolute atomic E-state index is 0.0677. The van der Waals surface area contributed by atoms with Crippen molar-refractivity contribution >= 4 is 22.8 Å². The van der Waals surface area contributed by atoms with E-state index in [4.69, 9.17) is 8.83 Å². The molecular formula is C18H16N4O3. The number of carbonyl (C=O) groups is 1. The minimum Gasteiger partial charge on any atom is -0.466 e. The van der Waals surface area contributed by atoms with Gasteiger partial charge in [0.05, 0.1) is 12.0 Å². The van der Waals surface area contributed by atoms with E-state index in [1.54, 1.807) is 0 Å². The molecule has 0 saturated carbocycles. The first kappa shape index (κ1) is 15.2. The zero-order valence-electron chi connectivity index (χ0n) is 13.8. The maximum absolute atomic E-state index is 12.3. The quantitative estimate of drug-likeness (QED) is 0.593. The van der Waals surface area contributed by atoms with Crippen LogP contribution in [0.4, 0.5) is 6.01 Å². The summed E-state index contributed by atoms with van der Waals surface area (Å²) in [7, 11) is 0. The topological polar surface area (TPSA) is 97.0 Å². The van der Waals surface area contributed by atoms with Crippen LogP contribution in [0.5, 0.6) is 0 Å². The van der Waals surface area contributed by atoms with Crippen molar-refractivity contribution in [3.05, 3.63) is 53.6 Å². The molecule has 2 N–H and O–H groups in total. The van der Waals surface area contributed by atoms with Crippen LogP contribution in [0.2, 0.25) is 0 Å². The van der Waals surface area contributed by atoms with Crippen LogP contribution in [0, 0.1) is 13.8 Å². The zero-order valence-corrected chi connectivity index (χ0v) is 13.8. The van der Waals surface area contributed by atoms with E-state index in [9.17, 15) is 4.79 Å². The summed E-state index contributed by atoms with van der Waals surface area (Å²) in [5.41, 5.74) is 2.63. The Morgan fingerprint density at radius 1 is 1.20 bits per heavy atom. The van der Waals surface area contributed by atoms with Gasteiger partial charge in [0, 0.05) is 17.1 Å². The molecule has 7 heteroatoms. The van der Waals surface area contributed by atoms with Crippen LogP contribution >= 0.6 is 0 Å². The summed E-state index contributed by atoms with van der Waals surface area (Å²) in [6, 6.07) is 9.72. The highest BCUT2D eigenvalue weighted by Crippen LogP contribution is 2.26. The maximum Gasteiger partial charge on any atom is 0.322 e. The van der Waals surface area contributed by atoms with Gasteiger partial charge < -0.3 is 13.8 Å². The first-order valence-corrected chi connectivity index (χ1v) is 7.86. The molecule has 1 aromatic carbocycles. The molecule has 0 aliphatic carbocycles. The number of amides is 1. The summed E-state index contributed by atoms with van der Waals surface area (Å²) < 4.78 is 11.0. The molecule has 1 amide bonds. The number of benzene rings is 1. The summed E-state index contributed by atoms with van der Waals surface area (Å²) in [6.45, 7) is 3.67. The molecule has 0 unspecified atom stereocenters. The van der Waals surface area contributed by atoms with Crippen molar-refractivity contribution in [1.29, 1.82) is 0 Å². The average molecular weight is 336 g/mol. The lowest BCUT2D eigenvalue weighted by Gasteiger charge is -1.99. The highest BCUT2D eigenvalue weighted by Gasteiger charge is 2.16. The first-order chi connectivity index (χ1) is 12.1. The Hall–Kier alpha value is -3.35. The number of fused-ring (bicyclic) bond motifs is 1. The molecule has 4 rings (SSSR count). The fourth-order valence-corrected chi connectivity index (χ4v) is 2.84. The second-order valence-electron chi connectivity index (χ2n) is 5.82. The number of H-pyrrole nitrogens is 1. The number of para-hydroxylation sites is 1. The van der Waals surface area contributed by atoms with Gasteiger partial charge in [-0.05, 0) is 31.5 Å². The number of nitrogens with one attached hydrogen (secondary N) is 2. The van der Waals surface area contributed by atoms with Crippen LogP contribution in [-0.2, 0) is 11.2 Å². The van der Waals surface area contributed by atoms with Gasteiger partial charge in [0.15, 0.2) is 0 Å². The van der Waals surface area contributed by atoms with Crippen LogP contribution in [0.3, 0.4) is 0 Å². The number of furan rings is 1. The molecule has 0 spiro atoms. The molecule has 0 aliphatic heterocycles. The Morgan fingerprint density at radius 2 is 2.04 bits per heavy atom. The van der Waals surface area contributed by atoms with Gasteiger partial charge in [-0.2, -0.15) is 0 Å². The van der Waals surface area contributed by atoms with Crippen LogP contribution in [-0.4, -0.2) is 21.1 Å². The highest BCUT2D eigenvalue weighted by atomic mass is 16.4. The summed E-state index contributed by atoms with van der Waals surface area (Å²) >= 11 is 0. The number of hydrogen-bond acceptors (Lipinski definition) is 5. The third-order valence-corrected chi connectivity index (χ3v) is 3.97. The van der Waals surface area contributed by atoms with Crippen molar-refractivity contribution in [2.45, 2.75) is 20.3 Å². The molecule has 4 aromatic rings. The average Bonchev–Trinajstić information content (AvgIpc) is 3.27. The smallest absolute Gasteiger partial charge is 0.322 e. The van der Waals surface area contributed by atoms with Gasteiger partial charge in [0.1, 0.15) is 11.5 Å². The molecule has 0 aliphatic rings. The number of aryl methyl sites for hydroxylation is 2. The van der Waals surface area contributed by atoms with E-state index in [0.29, 0.717) is 11.7 Å². The van der Waals surface area contributed by atoms with Gasteiger partial charge in [-0.3, -0.25) is 10.1 Å². The van der Waals surface area contributed by atoms with Gasteiger partial charge in [0.25, 0.3) is 5.89 Å². The monoisotopic (exact) mass is 336 g/mol. The largest absolute Gasteiger partial charge is 0.466 e. The standard InChI is InChI=1S/C18H16N4O3/c1-10-7-14(11(2)24-10)17-21-22-18(25-17)20-16(23)8-12-9-19-15-6-4-3-5-13(12)15/h3-7,9,19H,8H2,1-2H3,(H,20,22,23). The third kappa shape index (κ3) is 2.91. The predicted octanol–water partition coefficient (Wildman–Crippen LogP) is 3.61. The number of carbonyl (C=O) groups excluding carboxylic acids is 1. The Labute approximate surface area is 143 Å². The first-order valence-electron chi connectivity index (χ1n) is 7.86. The van der Waals surface area contributed by atoms with E-state index in [-0.39, 0.29) is 18.3 Å². The summed E-state index contributed by atoms with van der Waals surface area (Å²) in [6.07, 6.45) is 2.05. The third-order valence-electron chi connectivity index (χ3n) is 3.97. The van der Waals surface area contributed by atoms with Gasteiger partial charge >= 0.3 is 6.01 Å². The fraction of sp³-hybridized carbons (Fsp3) is 0.167. The molecular weight excluding hydrogens is 320 g/mol. The lowest BCUT2D eigenvalue weighted by atomic mass is 10.1. The number of anilines is 1. The van der Waals surface area contributed by atoms with E-state index < -0.39 is 0 Å². The molecule has 7 nitrogen and oxygen atoms in total. The molecule has 0 fully saturated rings. The normalized spacial score (nSPS) is 11.1.